The summed E-state index contributed by atoms with van der Waals surface area (Å²) in [5.74, 6) is 0.119. The summed E-state index contributed by atoms with van der Waals surface area (Å²) in [6.07, 6.45) is 0.750. The third kappa shape index (κ3) is 2.84. The molecule has 2 atom stereocenters. The van der Waals surface area contributed by atoms with Gasteiger partial charge in [-0.05, 0) is 53.3 Å². The smallest absolute Gasteiger partial charge is 0.306 e. The van der Waals surface area contributed by atoms with Crippen LogP contribution < -0.4 is 4.74 Å². The normalized spacial score (nSPS) is 23.5. The molecular formula is C11H11IO3. The Kier molecular flexibility index (Phi) is 3.14. The number of hydrogen-bond donors (Lipinski definition) is 1. The molecule has 2 rings (SSSR count). The van der Waals surface area contributed by atoms with E-state index in [1.54, 1.807) is 0 Å². The minimum Gasteiger partial charge on any atom is -0.493 e. The van der Waals surface area contributed by atoms with Crippen LogP contribution in [0.5, 0.6) is 5.75 Å². The highest BCUT2D eigenvalue weighted by Gasteiger charge is 2.43. The summed E-state index contributed by atoms with van der Waals surface area (Å²) < 4.78 is 6.66. The zero-order valence-corrected chi connectivity index (χ0v) is 10.2. The predicted molar refractivity (Wildman–Crippen MR) is 63.9 cm³/mol. The van der Waals surface area contributed by atoms with E-state index in [0.29, 0.717) is 6.61 Å². The molecule has 1 fully saturated rings. The molecule has 0 aromatic heterocycles. The van der Waals surface area contributed by atoms with Crippen molar-refractivity contribution >= 4 is 28.6 Å². The Morgan fingerprint density at radius 2 is 2.13 bits per heavy atom. The van der Waals surface area contributed by atoms with Crippen molar-refractivity contribution in [3.8, 4) is 5.75 Å². The van der Waals surface area contributed by atoms with Gasteiger partial charge in [0.05, 0.1) is 12.5 Å². The van der Waals surface area contributed by atoms with Crippen molar-refractivity contribution in [2.24, 2.45) is 11.8 Å². The van der Waals surface area contributed by atoms with E-state index < -0.39 is 5.97 Å². The zero-order valence-electron chi connectivity index (χ0n) is 8.02. The highest BCUT2D eigenvalue weighted by molar-refractivity contribution is 14.1. The Morgan fingerprint density at radius 1 is 1.47 bits per heavy atom. The fraction of sp³-hybridized carbons (Fsp3) is 0.364. The fourth-order valence-electron chi connectivity index (χ4n) is 1.47. The van der Waals surface area contributed by atoms with Gasteiger partial charge in [0.15, 0.2) is 0 Å². The molecule has 0 aliphatic heterocycles. The van der Waals surface area contributed by atoms with E-state index in [1.807, 2.05) is 24.3 Å². The summed E-state index contributed by atoms with van der Waals surface area (Å²) in [5, 5.41) is 8.70. The summed E-state index contributed by atoms with van der Waals surface area (Å²) in [7, 11) is 0. The first-order valence-electron chi connectivity index (χ1n) is 4.78. The molecular weight excluding hydrogens is 307 g/mol. The Morgan fingerprint density at radius 3 is 2.67 bits per heavy atom. The standard InChI is InChI=1S/C11H11IO3/c12-8-1-3-9(4-2-8)15-6-7-5-10(7)11(13)14/h1-4,7,10H,5-6H2,(H,13,14)/t7-,10+/m1/s1. The van der Waals surface area contributed by atoms with Crippen molar-refractivity contribution in [3.05, 3.63) is 27.8 Å². The lowest BCUT2D eigenvalue weighted by atomic mass is 10.3. The van der Waals surface area contributed by atoms with Gasteiger partial charge in [0.25, 0.3) is 0 Å². The van der Waals surface area contributed by atoms with Gasteiger partial charge in [-0.25, -0.2) is 0 Å². The van der Waals surface area contributed by atoms with E-state index in [9.17, 15) is 4.79 Å². The molecule has 0 spiro atoms. The highest BCUT2D eigenvalue weighted by atomic mass is 127. The largest absolute Gasteiger partial charge is 0.493 e. The molecule has 0 unspecified atom stereocenters. The van der Waals surface area contributed by atoms with Crippen LogP contribution in [0.25, 0.3) is 0 Å². The monoisotopic (exact) mass is 318 g/mol. The van der Waals surface area contributed by atoms with E-state index in [0.717, 1.165) is 15.7 Å². The Bertz CT molecular complexity index is 361. The maximum atomic E-state index is 10.6. The van der Waals surface area contributed by atoms with E-state index in [4.69, 9.17) is 9.84 Å². The minimum atomic E-state index is -0.703. The summed E-state index contributed by atoms with van der Waals surface area (Å²) in [4.78, 5) is 10.6. The highest BCUT2D eigenvalue weighted by Crippen LogP contribution is 2.38. The van der Waals surface area contributed by atoms with Crippen molar-refractivity contribution < 1.29 is 14.6 Å². The quantitative estimate of drug-likeness (QED) is 0.867. The number of carboxylic acid groups (broad SMARTS) is 1. The second kappa shape index (κ2) is 4.38. The van der Waals surface area contributed by atoms with Crippen LogP contribution in [0.4, 0.5) is 0 Å². The predicted octanol–water partition coefficient (Wildman–Crippen LogP) is 2.39. The molecule has 1 aliphatic carbocycles. The first-order valence-corrected chi connectivity index (χ1v) is 5.86. The molecule has 4 heteroatoms. The molecule has 1 aromatic carbocycles. The number of ether oxygens (including phenoxy) is 1. The van der Waals surface area contributed by atoms with Crippen LogP contribution in [0.3, 0.4) is 0 Å². The van der Waals surface area contributed by atoms with Crippen molar-refractivity contribution in [2.45, 2.75) is 6.42 Å². The summed E-state index contributed by atoms with van der Waals surface area (Å²) in [6.45, 7) is 0.511. The number of rotatable bonds is 4. The summed E-state index contributed by atoms with van der Waals surface area (Å²) in [6, 6.07) is 7.74. The number of carbonyl (C=O) groups is 1. The minimum absolute atomic E-state index is 0.186. The molecule has 80 valence electrons. The van der Waals surface area contributed by atoms with E-state index in [1.165, 1.54) is 0 Å². The average Bonchev–Trinajstić information content (AvgIpc) is 2.96. The number of carboxylic acids is 1. The fourth-order valence-corrected chi connectivity index (χ4v) is 1.83. The molecule has 0 saturated heterocycles. The average molecular weight is 318 g/mol. The van der Waals surface area contributed by atoms with Crippen LogP contribution in [-0.4, -0.2) is 17.7 Å². The first kappa shape index (κ1) is 10.7. The van der Waals surface area contributed by atoms with Crippen LogP contribution in [-0.2, 0) is 4.79 Å². The third-order valence-corrected chi connectivity index (χ3v) is 3.24. The Balaban J connectivity index is 1.80. The molecule has 1 aliphatic rings. The zero-order chi connectivity index (χ0) is 10.8. The molecule has 0 amide bonds. The van der Waals surface area contributed by atoms with Crippen LogP contribution >= 0.6 is 22.6 Å². The van der Waals surface area contributed by atoms with Gasteiger partial charge in [-0.15, -0.1) is 0 Å². The molecule has 0 radical (unpaired) electrons. The second-order valence-corrected chi connectivity index (χ2v) is 4.95. The lowest BCUT2D eigenvalue weighted by Crippen LogP contribution is -2.06. The molecule has 0 bridgehead atoms. The number of benzene rings is 1. The lowest BCUT2D eigenvalue weighted by Gasteiger charge is -2.04. The van der Waals surface area contributed by atoms with Gasteiger partial charge in [-0.1, -0.05) is 0 Å². The maximum absolute atomic E-state index is 10.6. The lowest BCUT2D eigenvalue weighted by molar-refractivity contribution is -0.138. The van der Waals surface area contributed by atoms with Crippen LogP contribution in [0.15, 0.2) is 24.3 Å². The van der Waals surface area contributed by atoms with Gasteiger partial charge >= 0.3 is 5.97 Å². The number of aliphatic carboxylic acids is 1. The third-order valence-electron chi connectivity index (χ3n) is 2.52. The van der Waals surface area contributed by atoms with Crippen molar-refractivity contribution in [1.82, 2.24) is 0 Å². The molecule has 1 aromatic rings. The SMILES string of the molecule is O=C(O)[C@H]1C[C@@H]1COc1ccc(I)cc1. The van der Waals surface area contributed by atoms with Gasteiger partial charge in [-0.3, -0.25) is 4.79 Å². The summed E-state index contributed by atoms with van der Waals surface area (Å²) in [5.41, 5.74) is 0. The maximum Gasteiger partial charge on any atom is 0.306 e. The number of halogens is 1. The van der Waals surface area contributed by atoms with E-state index in [-0.39, 0.29) is 11.8 Å². The van der Waals surface area contributed by atoms with Crippen molar-refractivity contribution in [1.29, 1.82) is 0 Å². The topological polar surface area (TPSA) is 46.5 Å². The van der Waals surface area contributed by atoms with E-state index >= 15 is 0 Å². The molecule has 3 nitrogen and oxygen atoms in total. The van der Waals surface area contributed by atoms with Crippen LogP contribution in [0.1, 0.15) is 6.42 Å². The summed E-state index contributed by atoms with van der Waals surface area (Å²) >= 11 is 2.23. The van der Waals surface area contributed by atoms with Crippen molar-refractivity contribution in [2.75, 3.05) is 6.61 Å². The van der Waals surface area contributed by atoms with Gasteiger partial charge in [0.2, 0.25) is 0 Å². The van der Waals surface area contributed by atoms with Crippen molar-refractivity contribution in [3.63, 3.8) is 0 Å². The molecule has 0 heterocycles. The first-order chi connectivity index (χ1) is 7.16. The molecule has 1 saturated carbocycles. The van der Waals surface area contributed by atoms with Gasteiger partial charge in [-0.2, -0.15) is 0 Å². The van der Waals surface area contributed by atoms with Gasteiger partial charge < -0.3 is 9.84 Å². The van der Waals surface area contributed by atoms with Crippen LogP contribution in [0, 0.1) is 15.4 Å². The molecule has 15 heavy (non-hydrogen) atoms. The van der Waals surface area contributed by atoms with Gasteiger partial charge in [0.1, 0.15) is 5.75 Å². The number of hydrogen-bond acceptors (Lipinski definition) is 2. The Hall–Kier alpha value is -0.780. The van der Waals surface area contributed by atoms with E-state index in [2.05, 4.69) is 22.6 Å². The second-order valence-electron chi connectivity index (χ2n) is 3.71. The Labute approximate surface area is 102 Å². The van der Waals surface area contributed by atoms with Gasteiger partial charge in [0, 0.05) is 9.49 Å². The molecule has 1 N–H and O–H groups in total. The van der Waals surface area contributed by atoms with Crippen LogP contribution in [0.2, 0.25) is 0 Å².